The minimum atomic E-state index is -0.980. The monoisotopic (exact) mass is 236 g/mol. The summed E-state index contributed by atoms with van der Waals surface area (Å²) in [4.78, 5) is 11.1. The Balaban J connectivity index is 2.27. The maximum Gasteiger partial charge on any atom is 0.337 e. The number of para-hydroxylation sites is 1. The third-order valence-electron chi connectivity index (χ3n) is 3.03. The van der Waals surface area contributed by atoms with Crippen LogP contribution < -0.4 is 11.1 Å². The van der Waals surface area contributed by atoms with E-state index in [0.29, 0.717) is 18.0 Å². The van der Waals surface area contributed by atoms with Crippen molar-refractivity contribution < 1.29 is 14.6 Å². The molecule has 1 saturated heterocycles. The van der Waals surface area contributed by atoms with Gasteiger partial charge in [-0.15, -0.1) is 0 Å². The van der Waals surface area contributed by atoms with E-state index in [9.17, 15) is 4.79 Å². The molecule has 0 radical (unpaired) electrons. The summed E-state index contributed by atoms with van der Waals surface area (Å²) < 4.78 is 5.43. The minimum absolute atomic E-state index is 0.0660. The molecule has 5 nitrogen and oxygen atoms in total. The van der Waals surface area contributed by atoms with Gasteiger partial charge in [0.15, 0.2) is 0 Å². The van der Waals surface area contributed by atoms with Crippen molar-refractivity contribution in [2.75, 3.05) is 17.7 Å². The van der Waals surface area contributed by atoms with Gasteiger partial charge in [-0.2, -0.15) is 0 Å². The minimum Gasteiger partial charge on any atom is -0.478 e. The van der Waals surface area contributed by atoms with Crippen molar-refractivity contribution in [1.29, 1.82) is 0 Å². The molecule has 0 saturated carbocycles. The van der Waals surface area contributed by atoms with E-state index < -0.39 is 5.97 Å². The summed E-state index contributed by atoms with van der Waals surface area (Å²) in [6.07, 6.45) is 0.922. The summed E-state index contributed by atoms with van der Waals surface area (Å²) >= 11 is 0. The fourth-order valence-electron chi connectivity index (χ4n) is 2.02. The van der Waals surface area contributed by atoms with Crippen LogP contribution in [-0.2, 0) is 4.74 Å². The number of nitrogens with one attached hydrogen (secondary N) is 1. The lowest BCUT2D eigenvalue weighted by Crippen LogP contribution is -2.28. The Hall–Kier alpha value is -1.75. The molecule has 4 N–H and O–H groups in total. The van der Waals surface area contributed by atoms with Gasteiger partial charge in [0, 0.05) is 6.61 Å². The molecule has 0 spiro atoms. The fraction of sp³-hybridized carbons (Fsp3) is 0.417. The molecule has 1 aromatic rings. The second-order valence-corrected chi connectivity index (χ2v) is 4.19. The average molecular weight is 236 g/mol. The summed E-state index contributed by atoms with van der Waals surface area (Å²) in [5, 5.41) is 12.3. The number of nitrogens with two attached hydrogens (primary N) is 1. The van der Waals surface area contributed by atoms with Crippen LogP contribution in [0.5, 0.6) is 0 Å². The topological polar surface area (TPSA) is 84.6 Å². The summed E-state index contributed by atoms with van der Waals surface area (Å²) in [6, 6.07) is 4.98. The highest BCUT2D eigenvalue weighted by Crippen LogP contribution is 2.27. The standard InChI is InChI=1S/C12H16N2O3/c1-7-10(5-6-17-7)14-11-8(12(15)16)3-2-4-9(11)13/h2-4,7,10,14H,5-6,13H2,1H3,(H,15,16). The first-order chi connectivity index (χ1) is 8.09. The summed E-state index contributed by atoms with van der Waals surface area (Å²) in [7, 11) is 0. The van der Waals surface area contributed by atoms with Crippen LogP contribution in [0.25, 0.3) is 0 Å². The van der Waals surface area contributed by atoms with Gasteiger partial charge in [-0.25, -0.2) is 4.79 Å². The van der Waals surface area contributed by atoms with Crippen molar-refractivity contribution >= 4 is 17.3 Å². The molecule has 0 amide bonds. The molecular weight excluding hydrogens is 220 g/mol. The number of hydrogen-bond acceptors (Lipinski definition) is 4. The Morgan fingerprint density at radius 2 is 2.35 bits per heavy atom. The van der Waals surface area contributed by atoms with Crippen molar-refractivity contribution in [2.45, 2.75) is 25.5 Å². The van der Waals surface area contributed by atoms with Crippen molar-refractivity contribution in [3.63, 3.8) is 0 Å². The lowest BCUT2D eigenvalue weighted by Gasteiger charge is -2.20. The molecule has 2 unspecified atom stereocenters. The smallest absolute Gasteiger partial charge is 0.337 e. The van der Waals surface area contributed by atoms with Gasteiger partial charge in [-0.1, -0.05) is 6.07 Å². The van der Waals surface area contributed by atoms with Crippen molar-refractivity contribution in [3.8, 4) is 0 Å². The van der Waals surface area contributed by atoms with Gasteiger partial charge in [0.2, 0.25) is 0 Å². The molecule has 1 aliphatic rings. The van der Waals surface area contributed by atoms with Gasteiger partial charge in [-0.05, 0) is 25.5 Å². The lowest BCUT2D eigenvalue weighted by atomic mass is 10.1. The van der Waals surface area contributed by atoms with Gasteiger partial charge in [0.05, 0.1) is 29.1 Å². The van der Waals surface area contributed by atoms with Crippen LogP contribution in [0.15, 0.2) is 18.2 Å². The normalized spacial score (nSPS) is 23.6. The first kappa shape index (κ1) is 11.7. The number of benzene rings is 1. The fourth-order valence-corrected chi connectivity index (χ4v) is 2.02. The summed E-state index contributed by atoms with van der Waals surface area (Å²) in [5.41, 5.74) is 6.95. The summed E-state index contributed by atoms with van der Waals surface area (Å²) in [6.45, 7) is 2.65. The number of anilines is 2. The third-order valence-corrected chi connectivity index (χ3v) is 3.03. The van der Waals surface area contributed by atoms with E-state index in [-0.39, 0.29) is 17.7 Å². The van der Waals surface area contributed by atoms with E-state index in [4.69, 9.17) is 15.6 Å². The predicted octanol–water partition coefficient (Wildman–Crippen LogP) is 1.56. The second-order valence-electron chi connectivity index (χ2n) is 4.19. The van der Waals surface area contributed by atoms with E-state index in [2.05, 4.69) is 5.32 Å². The third kappa shape index (κ3) is 2.34. The quantitative estimate of drug-likeness (QED) is 0.693. The zero-order chi connectivity index (χ0) is 12.4. The molecule has 92 valence electrons. The zero-order valence-electron chi connectivity index (χ0n) is 9.64. The van der Waals surface area contributed by atoms with Crippen LogP contribution in [0.3, 0.4) is 0 Å². The van der Waals surface area contributed by atoms with Crippen molar-refractivity contribution in [1.82, 2.24) is 0 Å². The summed E-state index contributed by atoms with van der Waals surface area (Å²) in [5.74, 6) is -0.980. The highest BCUT2D eigenvalue weighted by molar-refractivity contribution is 5.97. The molecule has 5 heteroatoms. The molecule has 17 heavy (non-hydrogen) atoms. The van der Waals surface area contributed by atoms with Gasteiger partial charge < -0.3 is 20.9 Å². The number of carboxylic acid groups (broad SMARTS) is 1. The number of carboxylic acids is 1. The number of aromatic carboxylic acids is 1. The van der Waals surface area contributed by atoms with Crippen molar-refractivity contribution in [2.24, 2.45) is 0 Å². The molecule has 0 aromatic heterocycles. The number of rotatable bonds is 3. The number of ether oxygens (including phenoxy) is 1. The van der Waals surface area contributed by atoms with Gasteiger partial charge in [0.1, 0.15) is 0 Å². The predicted molar refractivity (Wildman–Crippen MR) is 65.3 cm³/mol. The Morgan fingerprint density at radius 1 is 1.59 bits per heavy atom. The maximum atomic E-state index is 11.1. The van der Waals surface area contributed by atoms with Gasteiger partial charge >= 0.3 is 5.97 Å². The van der Waals surface area contributed by atoms with Crippen LogP contribution in [0, 0.1) is 0 Å². The van der Waals surface area contributed by atoms with Crippen LogP contribution >= 0.6 is 0 Å². The Kier molecular flexibility index (Phi) is 3.19. The number of carbonyl (C=O) groups is 1. The first-order valence-corrected chi connectivity index (χ1v) is 5.59. The molecule has 1 aliphatic heterocycles. The van der Waals surface area contributed by atoms with Crippen LogP contribution in [0.4, 0.5) is 11.4 Å². The lowest BCUT2D eigenvalue weighted by molar-refractivity contribution is 0.0697. The van der Waals surface area contributed by atoms with Crippen molar-refractivity contribution in [3.05, 3.63) is 23.8 Å². The van der Waals surface area contributed by atoms with Crippen LogP contribution in [-0.4, -0.2) is 29.8 Å². The second kappa shape index (κ2) is 4.63. The SMILES string of the molecule is CC1OCCC1Nc1c(N)cccc1C(=O)O. The van der Waals surface area contributed by atoms with Crippen LogP contribution in [0.2, 0.25) is 0 Å². The maximum absolute atomic E-state index is 11.1. The van der Waals surface area contributed by atoms with E-state index >= 15 is 0 Å². The largest absolute Gasteiger partial charge is 0.478 e. The first-order valence-electron chi connectivity index (χ1n) is 5.59. The van der Waals surface area contributed by atoms with Gasteiger partial charge in [-0.3, -0.25) is 0 Å². The van der Waals surface area contributed by atoms with E-state index in [1.807, 2.05) is 6.92 Å². The molecule has 1 fully saturated rings. The van der Waals surface area contributed by atoms with Crippen LogP contribution in [0.1, 0.15) is 23.7 Å². The highest BCUT2D eigenvalue weighted by atomic mass is 16.5. The molecule has 0 bridgehead atoms. The molecule has 1 heterocycles. The highest BCUT2D eigenvalue weighted by Gasteiger charge is 2.26. The Labute approximate surface area is 99.6 Å². The Bertz CT molecular complexity index is 434. The zero-order valence-corrected chi connectivity index (χ0v) is 9.64. The molecular formula is C12H16N2O3. The average Bonchev–Trinajstić information content (AvgIpc) is 2.67. The van der Waals surface area contributed by atoms with E-state index in [0.717, 1.165) is 6.42 Å². The number of hydrogen-bond donors (Lipinski definition) is 3. The molecule has 2 rings (SSSR count). The molecule has 0 aliphatic carbocycles. The van der Waals surface area contributed by atoms with E-state index in [1.54, 1.807) is 18.2 Å². The molecule has 1 aromatic carbocycles. The number of nitrogen functional groups attached to an aromatic ring is 1. The molecule has 2 atom stereocenters. The Morgan fingerprint density at radius 3 is 2.94 bits per heavy atom. The van der Waals surface area contributed by atoms with E-state index in [1.165, 1.54) is 0 Å². The van der Waals surface area contributed by atoms with Gasteiger partial charge in [0.25, 0.3) is 0 Å².